The van der Waals surface area contributed by atoms with E-state index in [1.165, 1.54) is 26.4 Å². The van der Waals surface area contributed by atoms with Gasteiger partial charge in [-0.2, -0.15) is 0 Å². The highest BCUT2D eigenvalue weighted by Gasteiger charge is 2.36. The van der Waals surface area contributed by atoms with Crippen molar-refractivity contribution in [3.05, 3.63) is 101 Å². The third kappa shape index (κ3) is 8.99. The first kappa shape index (κ1) is 38.5. The minimum absolute atomic E-state index is 0.136. The lowest BCUT2D eigenvalue weighted by molar-refractivity contribution is 0.0110. The first-order valence-electron chi connectivity index (χ1n) is 16.2. The molecule has 0 N–H and O–H groups in total. The van der Waals surface area contributed by atoms with Gasteiger partial charge < -0.3 is 23.8 Å². The van der Waals surface area contributed by atoms with Gasteiger partial charge in [-0.15, -0.1) is 0 Å². The molecule has 2 heterocycles. The summed E-state index contributed by atoms with van der Waals surface area (Å²) in [7, 11) is -2.13. The average Bonchev–Trinajstić information content (AvgIpc) is 3.10. The van der Waals surface area contributed by atoms with Gasteiger partial charge in [0.15, 0.2) is 17.4 Å². The van der Waals surface area contributed by atoms with E-state index in [0.717, 1.165) is 18.0 Å². The van der Waals surface area contributed by atoms with E-state index >= 15 is 8.78 Å². The molecule has 16 heteroatoms. The number of aromatic nitrogens is 2. The van der Waals surface area contributed by atoms with Crippen LogP contribution < -0.4 is 18.5 Å². The first-order valence-corrected chi connectivity index (χ1v) is 18.0. The number of benzene rings is 3. The highest BCUT2D eigenvalue weighted by atomic mass is 35.5. The van der Waals surface area contributed by atoms with Crippen molar-refractivity contribution in [3.8, 4) is 17.2 Å². The van der Waals surface area contributed by atoms with Gasteiger partial charge in [-0.05, 0) is 62.9 Å². The van der Waals surface area contributed by atoms with Crippen LogP contribution in [0, 0.1) is 23.4 Å². The Hall–Kier alpha value is -4.76. The summed E-state index contributed by atoms with van der Waals surface area (Å²) in [6.45, 7) is 5.22. The minimum atomic E-state index is -4.93. The Labute approximate surface area is 305 Å². The number of carbonyl (C=O) groups excluding carboxylic acids is 1. The van der Waals surface area contributed by atoms with Crippen molar-refractivity contribution in [3.63, 3.8) is 0 Å². The highest BCUT2D eigenvalue weighted by molar-refractivity contribution is 7.92. The maximum atomic E-state index is 15.8. The normalized spacial score (nSPS) is 16.3. The average molecular weight is 763 g/mol. The van der Waals surface area contributed by atoms with Gasteiger partial charge in [-0.1, -0.05) is 23.7 Å². The van der Waals surface area contributed by atoms with E-state index < -0.39 is 62.3 Å². The monoisotopic (exact) mass is 762 g/mol. The summed E-state index contributed by atoms with van der Waals surface area (Å²) in [4.78, 5) is 21.0. The maximum absolute atomic E-state index is 15.8. The van der Waals surface area contributed by atoms with Gasteiger partial charge in [0.25, 0.3) is 10.0 Å². The number of ether oxygens (including phenoxy) is 4. The number of halogens is 4. The molecule has 0 spiro atoms. The van der Waals surface area contributed by atoms with Crippen LogP contribution in [0.15, 0.2) is 71.9 Å². The van der Waals surface area contributed by atoms with Gasteiger partial charge in [0.05, 0.1) is 39.8 Å². The number of hydrogen-bond acceptors (Lipinski definition) is 9. The largest absolute Gasteiger partial charge is 0.497 e. The number of nitrogens with zero attached hydrogens (tertiary/aromatic N) is 4. The van der Waals surface area contributed by atoms with Crippen LogP contribution in [0.4, 0.5) is 23.9 Å². The molecule has 0 aliphatic carbocycles. The maximum Gasteiger partial charge on any atom is 0.410 e. The second-order valence-corrected chi connectivity index (χ2v) is 15.3. The lowest BCUT2D eigenvalue weighted by Gasteiger charge is -2.39. The molecule has 1 aliphatic rings. The molecular weight excluding hydrogens is 725 g/mol. The van der Waals surface area contributed by atoms with E-state index in [-0.39, 0.29) is 30.7 Å². The molecule has 3 aromatic carbocycles. The van der Waals surface area contributed by atoms with Crippen molar-refractivity contribution < 1.29 is 45.3 Å². The Bertz CT molecular complexity index is 2000. The molecule has 2 atom stereocenters. The standard InChI is InChI=1S/C36H38ClF3N4O7S/c1-36(2,3)51-35(45)43-13-12-28(22-6-9-25(37)10-7-22)24(19-43)21-50-32-15-30(40)33(16-29(32)39)52(46,47)44(34-41-17-26(38)18-42-34)20-23-8-11-27(48-4)14-31(23)49-5/h6-11,14-18,24,28H,12-13,19-21H2,1-5H3/t24-,28-/m0/s1. The van der Waals surface area contributed by atoms with E-state index in [2.05, 4.69) is 9.97 Å². The van der Waals surface area contributed by atoms with Crippen LogP contribution >= 0.6 is 11.6 Å². The second kappa shape index (κ2) is 15.9. The van der Waals surface area contributed by atoms with Gasteiger partial charge in [0.1, 0.15) is 27.8 Å². The Balaban J connectivity index is 1.44. The summed E-state index contributed by atoms with van der Waals surface area (Å²) >= 11 is 6.11. The predicted molar refractivity (Wildman–Crippen MR) is 187 cm³/mol. The van der Waals surface area contributed by atoms with Crippen LogP contribution in [0.5, 0.6) is 17.2 Å². The van der Waals surface area contributed by atoms with Crippen molar-refractivity contribution in [2.75, 3.05) is 38.2 Å². The number of anilines is 1. The van der Waals surface area contributed by atoms with Crippen molar-refractivity contribution in [2.45, 2.75) is 50.2 Å². The summed E-state index contributed by atoms with van der Waals surface area (Å²) in [5.41, 5.74) is 0.494. The van der Waals surface area contributed by atoms with Crippen LogP contribution in [0.2, 0.25) is 5.02 Å². The first-order chi connectivity index (χ1) is 24.6. The fourth-order valence-electron chi connectivity index (χ4n) is 5.81. The molecular formula is C36H38ClF3N4O7S. The zero-order chi connectivity index (χ0) is 37.8. The Morgan fingerprint density at radius 2 is 1.65 bits per heavy atom. The topological polar surface area (TPSA) is 120 Å². The summed E-state index contributed by atoms with van der Waals surface area (Å²) in [5.74, 6) is -4.25. The SMILES string of the molecule is COc1ccc(CN(c2ncc(F)cn2)S(=O)(=O)c2cc(F)c(OC[C@@H]3CN(C(=O)OC(C)(C)C)CC[C@H]3c3ccc(Cl)cc3)cc2F)c(OC)c1. The number of carbonyl (C=O) groups is 1. The number of methoxy groups -OCH3 is 2. The predicted octanol–water partition coefficient (Wildman–Crippen LogP) is 7.38. The summed E-state index contributed by atoms with van der Waals surface area (Å²) in [6, 6.07) is 12.9. The Kier molecular flexibility index (Phi) is 11.7. The number of hydrogen-bond donors (Lipinski definition) is 0. The zero-order valence-corrected chi connectivity index (χ0v) is 30.7. The number of amides is 1. The highest BCUT2D eigenvalue weighted by Crippen LogP contribution is 2.37. The molecule has 0 saturated carbocycles. The van der Waals surface area contributed by atoms with Gasteiger partial charge in [-0.25, -0.2) is 40.7 Å². The third-order valence-corrected chi connectivity index (χ3v) is 10.3. The fraction of sp³-hybridized carbons (Fsp3) is 0.361. The molecule has 0 unspecified atom stereocenters. The molecule has 1 saturated heterocycles. The van der Waals surface area contributed by atoms with Crippen LogP contribution in [0.25, 0.3) is 0 Å². The van der Waals surface area contributed by atoms with Crippen LogP contribution in [0.1, 0.15) is 44.2 Å². The third-order valence-electron chi connectivity index (χ3n) is 8.33. The lowest BCUT2D eigenvalue weighted by Crippen LogP contribution is -2.46. The number of rotatable bonds is 11. The van der Waals surface area contributed by atoms with E-state index in [9.17, 15) is 17.6 Å². The van der Waals surface area contributed by atoms with Gasteiger partial charge in [-0.3, -0.25) is 0 Å². The number of likely N-dealkylation sites (tertiary alicyclic amines) is 1. The van der Waals surface area contributed by atoms with Gasteiger partial charge in [0, 0.05) is 47.8 Å². The molecule has 11 nitrogen and oxygen atoms in total. The zero-order valence-electron chi connectivity index (χ0n) is 29.1. The summed E-state index contributed by atoms with van der Waals surface area (Å²) in [5, 5.41) is 0.544. The van der Waals surface area contributed by atoms with Crippen molar-refractivity contribution in [2.24, 2.45) is 5.92 Å². The van der Waals surface area contributed by atoms with E-state index in [4.69, 9.17) is 30.5 Å². The molecule has 1 amide bonds. The minimum Gasteiger partial charge on any atom is -0.497 e. The molecule has 5 rings (SSSR count). The molecule has 4 aromatic rings. The van der Waals surface area contributed by atoms with Crippen LogP contribution in [-0.4, -0.2) is 68.9 Å². The van der Waals surface area contributed by atoms with Gasteiger partial charge >= 0.3 is 6.09 Å². The molecule has 1 aliphatic heterocycles. The van der Waals surface area contributed by atoms with Crippen molar-refractivity contribution >= 4 is 33.7 Å². The fourth-order valence-corrected chi connectivity index (χ4v) is 7.35. The summed E-state index contributed by atoms with van der Waals surface area (Å²) in [6.07, 6.45) is 1.51. The quantitative estimate of drug-likeness (QED) is 0.154. The second-order valence-electron chi connectivity index (χ2n) is 13.0. The van der Waals surface area contributed by atoms with Crippen molar-refractivity contribution in [1.82, 2.24) is 14.9 Å². The molecule has 0 bridgehead atoms. The number of piperidine rings is 1. The molecule has 0 radical (unpaired) electrons. The molecule has 278 valence electrons. The van der Waals surface area contributed by atoms with E-state index in [1.54, 1.807) is 43.9 Å². The smallest absolute Gasteiger partial charge is 0.410 e. The van der Waals surface area contributed by atoms with Crippen LogP contribution in [-0.2, 0) is 21.3 Å². The molecule has 1 fully saturated rings. The molecule has 52 heavy (non-hydrogen) atoms. The van der Waals surface area contributed by atoms with Crippen LogP contribution in [0.3, 0.4) is 0 Å². The Morgan fingerprint density at radius 1 is 0.962 bits per heavy atom. The lowest BCUT2D eigenvalue weighted by atomic mass is 9.81. The van der Waals surface area contributed by atoms with E-state index in [1.807, 2.05) is 12.1 Å². The summed E-state index contributed by atoms with van der Waals surface area (Å²) < 4.78 is 96.0. The van der Waals surface area contributed by atoms with Gasteiger partial charge in [0.2, 0.25) is 5.95 Å². The van der Waals surface area contributed by atoms with Crippen molar-refractivity contribution in [1.29, 1.82) is 0 Å². The molecule has 1 aromatic heterocycles. The Morgan fingerprint density at radius 3 is 2.29 bits per heavy atom. The van der Waals surface area contributed by atoms with E-state index in [0.29, 0.717) is 45.7 Å². The number of sulfonamides is 1.